The molecule has 0 radical (unpaired) electrons. The Balaban J connectivity index is 0.00000512. The van der Waals surface area contributed by atoms with Crippen molar-refractivity contribution in [3.8, 4) is 0 Å². The largest absolute Gasteiger partial charge is 0.379 e. The first-order valence-electron chi connectivity index (χ1n) is 11.4. The van der Waals surface area contributed by atoms with Crippen molar-refractivity contribution in [2.45, 2.75) is 19.9 Å². The van der Waals surface area contributed by atoms with Crippen LogP contribution in [0.4, 0.5) is 0 Å². The van der Waals surface area contributed by atoms with E-state index in [9.17, 15) is 4.79 Å². The molecule has 1 heterocycles. The van der Waals surface area contributed by atoms with E-state index in [2.05, 4.69) is 63.5 Å². The number of nitrogens with zero attached hydrogens (tertiary/aromatic N) is 4. The highest BCUT2D eigenvalue weighted by molar-refractivity contribution is 14.0. The van der Waals surface area contributed by atoms with Crippen LogP contribution in [-0.4, -0.2) is 106 Å². The van der Waals surface area contributed by atoms with Gasteiger partial charge in [0.2, 0.25) is 5.91 Å². The molecular weight excluding hydrogens is 519 g/mol. The Hall–Kier alpha value is -1.43. The SMILES string of the molecule is CCN(CC)C(CNC(=NCC(=O)N(C)C)NCCN1CCOCC1)c1ccccc1.I. The third kappa shape index (κ3) is 10.0. The Labute approximate surface area is 210 Å². The van der Waals surface area contributed by atoms with Crippen LogP contribution in [0.1, 0.15) is 25.5 Å². The van der Waals surface area contributed by atoms with Crippen molar-refractivity contribution in [1.82, 2.24) is 25.3 Å². The predicted molar refractivity (Wildman–Crippen MR) is 142 cm³/mol. The Bertz CT molecular complexity index is 664. The highest BCUT2D eigenvalue weighted by Crippen LogP contribution is 2.19. The first-order valence-corrected chi connectivity index (χ1v) is 11.4. The molecule has 8 nitrogen and oxygen atoms in total. The summed E-state index contributed by atoms with van der Waals surface area (Å²) >= 11 is 0. The Morgan fingerprint density at radius 3 is 2.38 bits per heavy atom. The van der Waals surface area contributed by atoms with Crippen LogP contribution in [-0.2, 0) is 9.53 Å². The van der Waals surface area contributed by atoms with Crippen LogP contribution in [0.2, 0.25) is 0 Å². The Morgan fingerprint density at radius 1 is 1.12 bits per heavy atom. The first kappa shape index (κ1) is 28.6. The lowest BCUT2D eigenvalue weighted by Gasteiger charge is -2.31. The molecule has 2 N–H and O–H groups in total. The van der Waals surface area contributed by atoms with Crippen molar-refractivity contribution in [1.29, 1.82) is 0 Å². The maximum absolute atomic E-state index is 12.1. The molecule has 0 aliphatic carbocycles. The third-order valence-electron chi connectivity index (χ3n) is 5.60. The lowest BCUT2D eigenvalue weighted by Crippen LogP contribution is -2.47. The van der Waals surface area contributed by atoms with Gasteiger partial charge < -0.3 is 20.3 Å². The number of guanidine groups is 1. The minimum atomic E-state index is -0.0161. The molecule has 1 fully saturated rings. The van der Waals surface area contributed by atoms with Crippen molar-refractivity contribution >= 4 is 35.8 Å². The van der Waals surface area contributed by atoms with E-state index in [1.54, 1.807) is 19.0 Å². The van der Waals surface area contributed by atoms with Gasteiger partial charge in [-0.25, -0.2) is 4.99 Å². The summed E-state index contributed by atoms with van der Waals surface area (Å²) in [5, 5.41) is 6.89. The number of carbonyl (C=O) groups is 1. The zero-order valence-corrected chi connectivity index (χ0v) is 22.4. The highest BCUT2D eigenvalue weighted by Gasteiger charge is 2.18. The summed E-state index contributed by atoms with van der Waals surface area (Å²) in [6.07, 6.45) is 0. The van der Waals surface area contributed by atoms with E-state index in [0.29, 0.717) is 12.5 Å². The minimum Gasteiger partial charge on any atom is -0.379 e. The molecule has 1 aliphatic heterocycles. The molecule has 182 valence electrons. The molecule has 1 aromatic carbocycles. The van der Waals surface area contributed by atoms with Gasteiger partial charge in [-0.05, 0) is 18.7 Å². The molecule has 1 saturated heterocycles. The van der Waals surface area contributed by atoms with Gasteiger partial charge in [-0.3, -0.25) is 14.6 Å². The second kappa shape index (κ2) is 16.2. The summed E-state index contributed by atoms with van der Waals surface area (Å²) in [4.78, 5) is 23.0. The lowest BCUT2D eigenvalue weighted by molar-refractivity contribution is -0.127. The number of carbonyl (C=O) groups excluding carboxylic acids is 1. The van der Waals surface area contributed by atoms with Gasteiger partial charge in [0.15, 0.2) is 5.96 Å². The van der Waals surface area contributed by atoms with Gasteiger partial charge in [0.25, 0.3) is 0 Å². The van der Waals surface area contributed by atoms with Crippen LogP contribution >= 0.6 is 24.0 Å². The molecule has 0 aromatic heterocycles. The smallest absolute Gasteiger partial charge is 0.243 e. The van der Waals surface area contributed by atoms with Gasteiger partial charge >= 0.3 is 0 Å². The second-order valence-electron chi connectivity index (χ2n) is 7.86. The summed E-state index contributed by atoms with van der Waals surface area (Å²) in [5.74, 6) is 0.661. The standard InChI is InChI=1S/C23H40N6O2.HI/c1-5-29(6-2)21(20-10-8-7-9-11-20)18-25-23(26-19-22(30)27(3)4)24-12-13-28-14-16-31-17-15-28;/h7-11,21H,5-6,12-19H2,1-4H3,(H2,24,25,26);1H. The van der Waals surface area contributed by atoms with Crippen LogP contribution in [0.25, 0.3) is 0 Å². The van der Waals surface area contributed by atoms with Gasteiger partial charge in [-0.2, -0.15) is 0 Å². The van der Waals surface area contributed by atoms with Gasteiger partial charge in [0.05, 0.1) is 19.3 Å². The monoisotopic (exact) mass is 560 g/mol. The van der Waals surface area contributed by atoms with Crippen LogP contribution in [0.3, 0.4) is 0 Å². The maximum atomic E-state index is 12.1. The van der Waals surface area contributed by atoms with Gasteiger partial charge in [-0.15, -0.1) is 24.0 Å². The molecular formula is C23H41IN6O2. The van der Waals surface area contributed by atoms with Crippen LogP contribution < -0.4 is 10.6 Å². The number of hydrogen-bond donors (Lipinski definition) is 2. The van der Waals surface area contributed by atoms with Gasteiger partial charge in [0, 0.05) is 46.8 Å². The number of aliphatic imine (C=N–C) groups is 1. The van der Waals surface area contributed by atoms with E-state index >= 15 is 0 Å². The highest BCUT2D eigenvalue weighted by atomic mass is 127. The molecule has 1 aromatic rings. The maximum Gasteiger partial charge on any atom is 0.243 e. The molecule has 9 heteroatoms. The summed E-state index contributed by atoms with van der Waals surface area (Å²) in [6, 6.07) is 10.8. The predicted octanol–water partition coefficient (Wildman–Crippen LogP) is 1.64. The molecule has 1 aliphatic rings. The summed E-state index contributed by atoms with van der Waals surface area (Å²) in [7, 11) is 3.51. The zero-order valence-electron chi connectivity index (χ0n) is 20.0. The topological polar surface area (TPSA) is 72.4 Å². The molecule has 0 saturated carbocycles. The number of amides is 1. The fourth-order valence-corrected chi connectivity index (χ4v) is 3.61. The van der Waals surface area contributed by atoms with Gasteiger partial charge in [0.1, 0.15) is 6.54 Å². The van der Waals surface area contributed by atoms with Crippen molar-refractivity contribution in [2.24, 2.45) is 4.99 Å². The zero-order chi connectivity index (χ0) is 22.5. The minimum absolute atomic E-state index is 0. The number of hydrogen-bond acceptors (Lipinski definition) is 5. The second-order valence-corrected chi connectivity index (χ2v) is 7.86. The first-order chi connectivity index (χ1) is 15.0. The number of morpholine rings is 1. The molecule has 1 unspecified atom stereocenters. The van der Waals surface area contributed by atoms with Crippen LogP contribution in [0.15, 0.2) is 35.3 Å². The number of halogens is 1. The molecule has 1 atom stereocenters. The number of rotatable bonds is 11. The van der Waals surface area contributed by atoms with Crippen molar-refractivity contribution in [2.75, 3.05) is 79.7 Å². The molecule has 32 heavy (non-hydrogen) atoms. The number of ether oxygens (including phenoxy) is 1. The summed E-state index contributed by atoms with van der Waals surface area (Å²) in [6.45, 7) is 12.3. The average Bonchev–Trinajstić information content (AvgIpc) is 2.80. The normalized spacial score (nSPS) is 15.7. The van der Waals surface area contributed by atoms with E-state index in [1.165, 1.54) is 5.56 Å². The van der Waals surface area contributed by atoms with Gasteiger partial charge in [-0.1, -0.05) is 44.2 Å². The molecule has 0 spiro atoms. The number of likely N-dealkylation sites (N-methyl/N-ethyl adjacent to an activating group) is 2. The number of nitrogens with one attached hydrogen (secondary N) is 2. The van der Waals surface area contributed by atoms with E-state index in [-0.39, 0.29) is 42.5 Å². The molecule has 0 bridgehead atoms. The molecule has 2 rings (SSSR count). The third-order valence-corrected chi connectivity index (χ3v) is 5.60. The lowest BCUT2D eigenvalue weighted by atomic mass is 10.1. The van der Waals surface area contributed by atoms with Crippen molar-refractivity contribution in [3.05, 3.63) is 35.9 Å². The molecule has 1 amide bonds. The van der Waals surface area contributed by atoms with E-state index in [1.807, 2.05) is 6.07 Å². The quantitative estimate of drug-likeness (QED) is 0.244. The van der Waals surface area contributed by atoms with Crippen molar-refractivity contribution < 1.29 is 9.53 Å². The van der Waals surface area contributed by atoms with Crippen LogP contribution in [0.5, 0.6) is 0 Å². The fourth-order valence-electron chi connectivity index (χ4n) is 3.61. The van der Waals surface area contributed by atoms with Crippen LogP contribution in [0, 0.1) is 0 Å². The van der Waals surface area contributed by atoms with E-state index < -0.39 is 0 Å². The fraction of sp³-hybridized carbons (Fsp3) is 0.652. The Morgan fingerprint density at radius 2 is 1.78 bits per heavy atom. The summed E-state index contributed by atoms with van der Waals surface area (Å²) in [5.41, 5.74) is 1.27. The van der Waals surface area contributed by atoms with Crippen molar-refractivity contribution in [3.63, 3.8) is 0 Å². The van der Waals surface area contributed by atoms with E-state index in [4.69, 9.17) is 4.74 Å². The summed E-state index contributed by atoms with van der Waals surface area (Å²) < 4.78 is 5.42. The Kier molecular flexibility index (Phi) is 14.5. The average molecular weight is 561 g/mol. The number of benzene rings is 1. The van der Waals surface area contributed by atoms with E-state index in [0.717, 1.165) is 52.5 Å².